The molecule has 2 aromatic heterocycles. The highest BCUT2D eigenvalue weighted by molar-refractivity contribution is 6.20. The van der Waals surface area contributed by atoms with Crippen molar-refractivity contribution in [3.8, 4) is 5.75 Å². The van der Waals surface area contributed by atoms with Crippen LogP contribution in [0, 0.1) is 0 Å². The van der Waals surface area contributed by atoms with E-state index in [2.05, 4.69) is 59.4 Å². The number of nitrogens with zero attached hydrogens (tertiary/aromatic N) is 2. The van der Waals surface area contributed by atoms with Crippen LogP contribution in [-0.2, 0) is 0 Å². The number of nitrogens with one attached hydrogen (secondary N) is 2. The molecule has 0 aliphatic rings. The van der Waals surface area contributed by atoms with Gasteiger partial charge in [0.1, 0.15) is 11.6 Å². The van der Waals surface area contributed by atoms with Crippen LogP contribution in [0.2, 0.25) is 0 Å². The van der Waals surface area contributed by atoms with Crippen LogP contribution in [-0.4, -0.2) is 48.2 Å². The van der Waals surface area contributed by atoms with Crippen LogP contribution >= 0.6 is 12.4 Å². The average Bonchev–Trinajstić information content (AvgIpc) is 3.13. The molecular weight excluding hydrogens is 384 g/mol. The molecule has 2 N–H and O–H groups in total. The molecule has 4 rings (SSSR count). The van der Waals surface area contributed by atoms with Crippen LogP contribution in [0.3, 0.4) is 0 Å². The first-order chi connectivity index (χ1) is 13.7. The molecule has 0 radical (unpaired) electrons. The van der Waals surface area contributed by atoms with Crippen LogP contribution in [0.5, 0.6) is 5.75 Å². The van der Waals surface area contributed by atoms with Crippen molar-refractivity contribution in [2.75, 3.05) is 38.6 Å². The number of methoxy groups -OCH3 is 1. The second-order valence-electron chi connectivity index (χ2n) is 7.07. The van der Waals surface area contributed by atoms with E-state index in [4.69, 9.17) is 9.72 Å². The van der Waals surface area contributed by atoms with Gasteiger partial charge in [-0.3, -0.25) is 0 Å². The first-order valence-corrected chi connectivity index (χ1v) is 10.1. The van der Waals surface area contributed by atoms with E-state index >= 15 is 0 Å². The standard InChI is InChI=1S/C23H28N4O.ClH/c1-4-27(5-2)14-8-13-24-23-21-18-15-16(28-3)11-12-20(18)25-22(21)17-9-6-7-10-19(17)26-23;/h6-7,9-12,15,25H,4-5,8,13-14H2,1-3H3,(H,24,26);1H. The first kappa shape index (κ1) is 21.2. The lowest BCUT2D eigenvalue weighted by Gasteiger charge is -2.18. The fourth-order valence-corrected chi connectivity index (χ4v) is 3.88. The number of aromatic amines is 1. The van der Waals surface area contributed by atoms with Gasteiger partial charge in [0.25, 0.3) is 0 Å². The Hall–Kier alpha value is -2.50. The van der Waals surface area contributed by atoms with E-state index in [9.17, 15) is 0 Å². The summed E-state index contributed by atoms with van der Waals surface area (Å²) in [6.07, 6.45) is 1.09. The van der Waals surface area contributed by atoms with Crippen molar-refractivity contribution in [3.05, 3.63) is 42.5 Å². The van der Waals surface area contributed by atoms with Crippen LogP contribution in [0.15, 0.2) is 42.5 Å². The van der Waals surface area contributed by atoms with Crippen molar-refractivity contribution in [2.45, 2.75) is 20.3 Å². The maximum atomic E-state index is 5.46. The molecule has 0 bridgehead atoms. The van der Waals surface area contributed by atoms with Gasteiger partial charge in [-0.1, -0.05) is 32.0 Å². The monoisotopic (exact) mass is 412 g/mol. The Morgan fingerprint density at radius 3 is 2.62 bits per heavy atom. The highest BCUT2D eigenvalue weighted by atomic mass is 35.5. The van der Waals surface area contributed by atoms with Gasteiger partial charge in [0.2, 0.25) is 0 Å². The average molecular weight is 413 g/mol. The molecule has 154 valence electrons. The second-order valence-corrected chi connectivity index (χ2v) is 7.07. The van der Waals surface area contributed by atoms with Crippen LogP contribution < -0.4 is 10.1 Å². The SMILES string of the molecule is CCN(CC)CCCNc1nc2ccccc2c2[nH]c3ccc(OC)cc3c12.Cl. The molecule has 0 atom stereocenters. The number of anilines is 1. The van der Waals surface area contributed by atoms with E-state index in [1.807, 2.05) is 12.1 Å². The van der Waals surface area contributed by atoms with E-state index in [1.165, 1.54) is 0 Å². The zero-order chi connectivity index (χ0) is 19.5. The van der Waals surface area contributed by atoms with Gasteiger partial charge < -0.3 is 19.9 Å². The van der Waals surface area contributed by atoms with Gasteiger partial charge in [0.05, 0.1) is 23.5 Å². The molecule has 0 saturated heterocycles. The van der Waals surface area contributed by atoms with Gasteiger partial charge in [0, 0.05) is 22.8 Å². The molecule has 6 heteroatoms. The maximum Gasteiger partial charge on any atom is 0.136 e. The van der Waals surface area contributed by atoms with Gasteiger partial charge >= 0.3 is 0 Å². The summed E-state index contributed by atoms with van der Waals surface area (Å²) in [5.41, 5.74) is 3.22. The van der Waals surface area contributed by atoms with Gasteiger partial charge in [-0.2, -0.15) is 0 Å². The molecule has 5 nitrogen and oxygen atoms in total. The Balaban J connectivity index is 0.00000240. The second kappa shape index (κ2) is 9.33. The van der Waals surface area contributed by atoms with E-state index in [-0.39, 0.29) is 12.4 Å². The number of ether oxygens (including phenoxy) is 1. The third kappa shape index (κ3) is 4.11. The fraction of sp³-hybridized carbons (Fsp3) is 0.348. The molecule has 2 aromatic carbocycles. The Kier molecular flexibility index (Phi) is 6.83. The van der Waals surface area contributed by atoms with Crippen molar-refractivity contribution in [2.24, 2.45) is 0 Å². The van der Waals surface area contributed by atoms with E-state index in [1.54, 1.807) is 7.11 Å². The number of aromatic nitrogens is 2. The molecule has 0 saturated carbocycles. The number of halogens is 1. The summed E-state index contributed by atoms with van der Waals surface area (Å²) in [5.74, 6) is 1.79. The molecule has 0 aliphatic carbocycles. The van der Waals surface area contributed by atoms with E-state index in [0.717, 1.165) is 76.9 Å². The van der Waals surface area contributed by atoms with E-state index in [0.29, 0.717) is 0 Å². The zero-order valence-corrected chi connectivity index (χ0v) is 18.1. The molecule has 0 spiro atoms. The summed E-state index contributed by atoms with van der Waals surface area (Å²) in [6.45, 7) is 8.61. The third-order valence-corrected chi connectivity index (χ3v) is 5.49. The van der Waals surface area contributed by atoms with Crippen molar-refractivity contribution in [1.29, 1.82) is 0 Å². The van der Waals surface area contributed by atoms with E-state index < -0.39 is 0 Å². The summed E-state index contributed by atoms with van der Waals surface area (Å²) >= 11 is 0. The van der Waals surface area contributed by atoms with Crippen molar-refractivity contribution < 1.29 is 4.74 Å². The maximum absolute atomic E-state index is 5.46. The highest BCUT2D eigenvalue weighted by Crippen LogP contribution is 2.36. The molecule has 0 aliphatic heterocycles. The van der Waals surface area contributed by atoms with Crippen molar-refractivity contribution in [1.82, 2.24) is 14.9 Å². The number of rotatable bonds is 8. The predicted molar refractivity (Wildman–Crippen MR) is 126 cm³/mol. The lowest BCUT2D eigenvalue weighted by atomic mass is 10.1. The molecule has 0 unspecified atom stereocenters. The first-order valence-electron chi connectivity index (χ1n) is 10.1. The summed E-state index contributed by atoms with van der Waals surface area (Å²) < 4.78 is 5.46. The Morgan fingerprint density at radius 1 is 1.07 bits per heavy atom. The molecule has 0 fully saturated rings. The highest BCUT2D eigenvalue weighted by Gasteiger charge is 2.14. The Labute approximate surface area is 177 Å². The Morgan fingerprint density at radius 2 is 1.86 bits per heavy atom. The third-order valence-electron chi connectivity index (χ3n) is 5.49. The minimum Gasteiger partial charge on any atom is -0.497 e. The number of hydrogen-bond acceptors (Lipinski definition) is 4. The number of benzene rings is 2. The molecule has 4 aromatic rings. The molecular formula is C23H29ClN4O. The van der Waals surface area contributed by atoms with Crippen LogP contribution in [0.4, 0.5) is 5.82 Å². The lowest BCUT2D eigenvalue weighted by molar-refractivity contribution is 0.303. The van der Waals surface area contributed by atoms with Crippen molar-refractivity contribution in [3.63, 3.8) is 0 Å². The summed E-state index contributed by atoms with van der Waals surface area (Å²) in [4.78, 5) is 11.0. The van der Waals surface area contributed by atoms with Crippen LogP contribution in [0.25, 0.3) is 32.7 Å². The number of H-pyrrole nitrogens is 1. The largest absolute Gasteiger partial charge is 0.497 e. The van der Waals surface area contributed by atoms with Gasteiger partial charge in [-0.15, -0.1) is 12.4 Å². The zero-order valence-electron chi connectivity index (χ0n) is 17.3. The van der Waals surface area contributed by atoms with Gasteiger partial charge in [0.15, 0.2) is 0 Å². The van der Waals surface area contributed by atoms with Gasteiger partial charge in [-0.25, -0.2) is 4.98 Å². The smallest absolute Gasteiger partial charge is 0.136 e. The summed E-state index contributed by atoms with van der Waals surface area (Å²) in [6, 6.07) is 14.5. The Bertz CT molecular complexity index is 1100. The number of fused-ring (bicyclic) bond motifs is 5. The van der Waals surface area contributed by atoms with Crippen molar-refractivity contribution >= 4 is 50.9 Å². The topological polar surface area (TPSA) is 53.2 Å². The molecule has 0 amide bonds. The predicted octanol–water partition coefficient (Wildman–Crippen LogP) is 5.44. The van der Waals surface area contributed by atoms with Gasteiger partial charge in [-0.05, 0) is 50.3 Å². The number of pyridine rings is 1. The molecule has 29 heavy (non-hydrogen) atoms. The normalized spacial score (nSPS) is 11.3. The number of hydrogen-bond donors (Lipinski definition) is 2. The summed E-state index contributed by atoms with van der Waals surface area (Å²) in [7, 11) is 1.70. The quantitative estimate of drug-likeness (QED) is 0.378. The minimum absolute atomic E-state index is 0. The fourth-order valence-electron chi connectivity index (χ4n) is 3.88. The molecule has 2 heterocycles. The minimum atomic E-state index is 0. The van der Waals surface area contributed by atoms with Crippen LogP contribution in [0.1, 0.15) is 20.3 Å². The lowest BCUT2D eigenvalue weighted by Crippen LogP contribution is -2.25. The summed E-state index contributed by atoms with van der Waals surface area (Å²) in [5, 5.41) is 7.01. The number of para-hydroxylation sites is 1.